The van der Waals surface area contributed by atoms with Crippen molar-refractivity contribution >= 4 is 35.1 Å². The van der Waals surface area contributed by atoms with Crippen molar-refractivity contribution in [3.63, 3.8) is 0 Å². The average Bonchev–Trinajstić information content (AvgIpc) is 2.60. The molecular formula is C23H52Cl2Si. The predicted molar refractivity (Wildman–Crippen MR) is 132 cm³/mol. The van der Waals surface area contributed by atoms with Gasteiger partial charge < -0.3 is 0 Å². The summed E-state index contributed by atoms with van der Waals surface area (Å²) in [6.07, 6.45) is 31.2. The zero-order chi connectivity index (χ0) is 17.6. The summed E-state index contributed by atoms with van der Waals surface area (Å²) in [4.78, 5) is 0. The number of hydrogen-bond donors (Lipinski definition) is 0. The fraction of sp³-hybridized carbons (Fsp3) is 1.00. The van der Waals surface area contributed by atoms with E-state index in [-0.39, 0.29) is 24.8 Å². The molecule has 0 aromatic rings. The number of halogens is 2. The second kappa shape index (κ2) is 30.5. The van der Waals surface area contributed by atoms with E-state index in [0.29, 0.717) is 0 Å². The van der Waals surface area contributed by atoms with E-state index in [9.17, 15) is 0 Å². The minimum absolute atomic E-state index is 0. The lowest BCUT2D eigenvalue weighted by Crippen LogP contribution is -1.84. The van der Waals surface area contributed by atoms with Crippen molar-refractivity contribution in [1.29, 1.82) is 0 Å². The van der Waals surface area contributed by atoms with E-state index in [1.165, 1.54) is 151 Å². The van der Waals surface area contributed by atoms with Gasteiger partial charge in [-0.15, -0.1) is 24.8 Å². The fourth-order valence-electron chi connectivity index (χ4n) is 3.68. The summed E-state index contributed by atoms with van der Waals surface area (Å²) >= 11 is 0. The Labute approximate surface area is 182 Å². The molecular weight excluding hydrogens is 375 g/mol. The van der Waals surface area contributed by atoms with E-state index in [0.717, 1.165) is 0 Å². The first-order valence-electron chi connectivity index (χ1n) is 11.9. The van der Waals surface area contributed by atoms with Crippen molar-refractivity contribution < 1.29 is 0 Å². The van der Waals surface area contributed by atoms with Gasteiger partial charge in [-0.05, 0) is 0 Å². The molecule has 0 radical (unpaired) electrons. The second-order valence-electron chi connectivity index (χ2n) is 8.07. The Morgan fingerprint density at radius 2 is 0.538 bits per heavy atom. The number of hydrogen-bond acceptors (Lipinski definition) is 0. The minimum atomic E-state index is 0. The van der Waals surface area contributed by atoms with Gasteiger partial charge in [0.1, 0.15) is 0 Å². The molecule has 0 heterocycles. The highest BCUT2D eigenvalue weighted by atomic mass is 35.5. The SMILES string of the molecule is CCCCCCCCCCCCCCCCCCCCCCC[SiH3].Cl.Cl. The zero-order valence-corrected chi connectivity index (χ0v) is 22.0. The van der Waals surface area contributed by atoms with Crippen LogP contribution < -0.4 is 0 Å². The van der Waals surface area contributed by atoms with E-state index >= 15 is 0 Å². The molecule has 0 bridgehead atoms. The maximum Gasteiger partial charge on any atom is 0.00279 e. The van der Waals surface area contributed by atoms with Crippen LogP contribution in [0, 0.1) is 0 Å². The van der Waals surface area contributed by atoms with Crippen LogP contribution >= 0.6 is 24.8 Å². The van der Waals surface area contributed by atoms with E-state index < -0.39 is 0 Å². The average molecular weight is 428 g/mol. The lowest BCUT2D eigenvalue weighted by Gasteiger charge is -2.04. The van der Waals surface area contributed by atoms with Gasteiger partial charge in [0.15, 0.2) is 0 Å². The van der Waals surface area contributed by atoms with E-state index in [2.05, 4.69) is 6.92 Å². The quantitative estimate of drug-likeness (QED) is 0.127. The lowest BCUT2D eigenvalue weighted by atomic mass is 10.0. The molecule has 0 saturated heterocycles. The Bertz CT molecular complexity index is 190. The molecule has 0 nitrogen and oxygen atoms in total. The van der Waals surface area contributed by atoms with Crippen LogP contribution in [-0.4, -0.2) is 10.2 Å². The van der Waals surface area contributed by atoms with Gasteiger partial charge in [0.05, 0.1) is 0 Å². The lowest BCUT2D eigenvalue weighted by molar-refractivity contribution is 0.521. The van der Waals surface area contributed by atoms with Crippen LogP contribution in [0.5, 0.6) is 0 Å². The first kappa shape index (κ1) is 31.5. The van der Waals surface area contributed by atoms with Crippen molar-refractivity contribution in [2.75, 3.05) is 0 Å². The highest BCUT2D eigenvalue weighted by Gasteiger charge is 1.95. The first-order valence-corrected chi connectivity index (χ1v) is 13.3. The number of rotatable bonds is 21. The Balaban J connectivity index is -0.00000264. The molecule has 0 aliphatic heterocycles. The monoisotopic (exact) mass is 426 g/mol. The van der Waals surface area contributed by atoms with Crippen LogP contribution in [0.2, 0.25) is 6.04 Å². The third-order valence-electron chi connectivity index (χ3n) is 5.46. The van der Waals surface area contributed by atoms with Gasteiger partial charge in [-0.2, -0.15) is 0 Å². The zero-order valence-electron chi connectivity index (χ0n) is 18.4. The van der Waals surface area contributed by atoms with Crippen molar-refractivity contribution in [2.24, 2.45) is 0 Å². The van der Waals surface area contributed by atoms with Crippen molar-refractivity contribution in [1.82, 2.24) is 0 Å². The molecule has 0 N–H and O–H groups in total. The molecule has 0 aromatic heterocycles. The summed E-state index contributed by atoms with van der Waals surface area (Å²) in [5.74, 6) is 0. The molecule has 26 heavy (non-hydrogen) atoms. The van der Waals surface area contributed by atoms with Gasteiger partial charge in [-0.25, -0.2) is 0 Å². The smallest absolute Gasteiger partial charge is 0.00279 e. The maximum atomic E-state index is 2.30. The van der Waals surface area contributed by atoms with Crippen LogP contribution in [0.4, 0.5) is 0 Å². The van der Waals surface area contributed by atoms with Crippen LogP contribution in [0.25, 0.3) is 0 Å². The van der Waals surface area contributed by atoms with Crippen molar-refractivity contribution in [3.8, 4) is 0 Å². The summed E-state index contributed by atoms with van der Waals surface area (Å²) in [5, 5.41) is 0. The largest absolute Gasteiger partial charge is 0.147 e. The van der Waals surface area contributed by atoms with Crippen LogP contribution in [-0.2, 0) is 0 Å². The molecule has 0 unspecified atom stereocenters. The van der Waals surface area contributed by atoms with Gasteiger partial charge in [0.2, 0.25) is 0 Å². The normalized spacial score (nSPS) is 10.5. The molecule has 0 atom stereocenters. The topological polar surface area (TPSA) is 0 Å². The molecule has 3 heteroatoms. The fourth-order valence-corrected chi connectivity index (χ4v) is 4.18. The second-order valence-corrected chi connectivity index (χ2v) is 9.07. The molecule has 162 valence electrons. The summed E-state index contributed by atoms with van der Waals surface area (Å²) in [5.41, 5.74) is 0. The molecule has 0 saturated carbocycles. The Hall–Kier alpha value is 0.797. The predicted octanol–water partition coefficient (Wildman–Crippen LogP) is 8.83. The molecule has 0 aromatic carbocycles. The van der Waals surface area contributed by atoms with Gasteiger partial charge in [-0.3, -0.25) is 0 Å². The first-order chi connectivity index (χ1) is 11.9. The summed E-state index contributed by atoms with van der Waals surface area (Å²) in [7, 11) is 1.41. The maximum absolute atomic E-state index is 2.30. The highest BCUT2D eigenvalue weighted by molar-refractivity contribution is 6.08. The summed E-state index contributed by atoms with van der Waals surface area (Å²) in [6.45, 7) is 2.30. The number of unbranched alkanes of at least 4 members (excludes halogenated alkanes) is 20. The van der Waals surface area contributed by atoms with E-state index in [1.807, 2.05) is 0 Å². The van der Waals surface area contributed by atoms with Gasteiger partial charge in [0.25, 0.3) is 0 Å². The third kappa shape index (κ3) is 29.6. The van der Waals surface area contributed by atoms with Crippen molar-refractivity contribution in [3.05, 3.63) is 0 Å². The van der Waals surface area contributed by atoms with Crippen LogP contribution in [0.1, 0.15) is 142 Å². The Morgan fingerprint density at radius 3 is 0.731 bits per heavy atom. The standard InChI is InChI=1S/C23H50Si.2ClH/c1-2-3-4-5-6-7-8-9-10-11-12-13-14-15-16-17-18-19-20-21-22-23-24;;/h2-23H2,1,24H3;2*1H. The Morgan fingerprint density at radius 1 is 0.346 bits per heavy atom. The van der Waals surface area contributed by atoms with Gasteiger partial charge in [0, 0.05) is 10.2 Å². The van der Waals surface area contributed by atoms with Crippen LogP contribution in [0.15, 0.2) is 0 Å². The van der Waals surface area contributed by atoms with E-state index in [4.69, 9.17) is 0 Å². The summed E-state index contributed by atoms with van der Waals surface area (Å²) < 4.78 is 0. The molecule has 0 aliphatic carbocycles. The molecule has 0 amide bonds. The Kier molecular flexibility index (Phi) is 37.0. The highest BCUT2D eigenvalue weighted by Crippen LogP contribution is 2.15. The molecule has 0 fully saturated rings. The molecule has 0 aliphatic rings. The molecule has 0 spiro atoms. The van der Waals surface area contributed by atoms with E-state index in [1.54, 1.807) is 0 Å². The minimum Gasteiger partial charge on any atom is -0.147 e. The van der Waals surface area contributed by atoms with Crippen molar-refractivity contribution in [2.45, 2.75) is 148 Å². The van der Waals surface area contributed by atoms with Gasteiger partial charge in [-0.1, -0.05) is 148 Å². The van der Waals surface area contributed by atoms with Crippen LogP contribution in [0.3, 0.4) is 0 Å². The van der Waals surface area contributed by atoms with Gasteiger partial charge >= 0.3 is 0 Å². The summed E-state index contributed by atoms with van der Waals surface area (Å²) in [6, 6.07) is 1.51. The third-order valence-corrected chi connectivity index (χ3v) is 6.16. The molecule has 0 rings (SSSR count).